The zero-order valence-corrected chi connectivity index (χ0v) is 21.1. The molecule has 1 saturated heterocycles. The summed E-state index contributed by atoms with van der Waals surface area (Å²) >= 11 is 0. The molecular weight excluding hydrogens is 388 g/mol. The Labute approximate surface area is 179 Å². The molecule has 29 heavy (non-hydrogen) atoms. The van der Waals surface area contributed by atoms with E-state index in [1.165, 1.54) is 23.2 Å². The van der Waals surface area contributed by atoms with Gasteiger partial charge in [-0.2, -0.15) is 0 Å². The summed E-state index contributed by atoms with van der Waals surface area (Å²) in [5.41, 5.74) is 0. The first kappa shape index (κ1) is 22.5. The van der Waals surface area contributed by atoms with Gasteiger partial charge in [0, 0.05) is 6.61 Å². The van der Waals surface area contributed by atoms with Crippen molar-refractivity contribution in [3.8, 4) is 0 Å². The van der Waals surface area contributed by atoms with Crippen LogP contribution in [-0.4, -0.2) is 28.5 Å². The Morgan fingerprint density at radius 1 is 0.828 bits per heavy atom. The molecule has 0 aromatic heterocycles. The first-order valence-electron chi connectivity index (χ1n) is 11.1. The van der Waals surface area contributed by atoms with Crippen LogP contribution in [0.25, 0.3) is 0 Å². The lowest BCUT2D eigenvalue weighted by molar-refractivity contribution is 0.106. The molecule has 2 aromatic rings. The summed E-state index contributed by atoms with van der Waals surface area (Å²) in [5.74, 6) is 0. The average Bonchev–Trinajstić information content (AvgIpc) is 2.71. The molecule has 1 aliphatic heterocycles. The van der Waals surface area contributed by atoms with Gasteiger partial charge in [0.15, 0.2) is 8.32 Å². The van der Waals surface area contributed by atoms with Crippen LogP contribution in [0.1, 0.15) is 53.4 Å². The Bertz CT molecular complexity index is 749. The molecule has 0 saturated carbocycles. The minimum Gasteiger partial charge on any atom is -0.411 e. The smallest absolute Gasteiger partial charge is 0.286 e. The van der Waals surface area contributed by atoms with E-state index < -0.39 is 16.6 Å². The highest BCUT2D eigenvalue weighted by atomic mass is 28.4. The fourth-order valence-corrected chi connectivity index (χ4v) is 12.9. The highest BCUT2D eigenvalue weighted by molar-refractivity contribution is 7.00. The molecule has 1 heterocycles. The maximum atomic E-state index is 7.37. The van der Waals surface area contributed by atoms with Crippen molar-refractivity contribution in [3.05, 3.63) is 60.7 Å². The summed E-state index contributed by atoms with van der Waals surface area (Å²) in [5, 5.41) is 2.53. The monoisotopic (exact) mass is 426 g/mol. The van der Waals surface area contributed by atoms with Crippen LogP contribution in [0.2, 0.25) is 18.1 Å². The summed E-state index contributed by atoms with van der Waals surface area (Å²) in [7, 11) is -4.68. The molecule has 0 aliphatic carbocycles. The minimum atomic E-state index is -2.66. The SMILES string of the molecule is CCC1(C)O[Si](C)(C)C(C)(C)CCCCO[Si]1(c1ccccc1)c1ccccc1. The first-order chi connectivity index (χ1) is 13.7. The Kier molecular flexibility index (Phi) is 6.59. The van der Waals surface area contributed by atoms with Gasteiger partial charge in [-0.3, -0.25) is 0 Å². The van der Waals surface area contributed by atoms with Crippen molar-refractivity contribution in [2.24, 2.45) is 0 Å². The molecule has 1 fully saturated rings. The molecule has 0 spiro atoms. The van der Waals surface area contributed by atoms with Crippen molar-refractivity contribution in [3.63, 3.8) is 0 Å². The number of rotatable bonds is 3. The highest BCUT2D eigenvalue weighted by Crippen LogP contribution is 2.47. The second-order valence-electron chi connectivity index (χ2n) is 9.80. The normalized spacial score (nSPS) is 26.6. The Morgan fingerprint density at radius 2 is 1.34 bits per heavy atom. The molecule has 1 unspecified atom stereocenters. The third-order valence-electron chi connectivity index (χ3n) is 7.40. The quantitative estimate of drug-likeness (QED) is 0.590. The van der Waals surface area contributed by atoms with Gasteiger partial charge in [0.05, 0.1) is 5.22 Å². The second kappa shape index (κ2) is 8.50. The van der Waals surface area contributed by atoms with Gasteiger partial charge < -0.3 is 8.85 Å². The van der Waals surface area contributed by atoms with Gasteiger partial charge in [-0.1, -0.05) is 87.9 Å². The maximum absolute atomic E-state index is 7.37. The lowest BCUT2D eigenvalue weighted by Crippen LogP contribution is -2.77. The number of hydrogen-bond acceptors (Lipinski definition) is 2. The van der Waals surface area contributed by atoms with Gasteiger partial charge >= 0.3 is 0 Å². The first-order valence-corrected chi connectivity index (χ1v) is 16.0. The van der Waals surface area contributed by atoms with E-state index in [0.717, 1.165) is 19.4 Å². The van der Waals surface area contributed by atoms with Crippen LogP contribution in [0.4, 0.5) is 0 Å². The van der Waals surface area contributed by atoms with Crippen molar-refractivity contribution < 1.29 is 8.85 Å². The van der Waals surface area contributed by atoms with E-state index in [1.54, 1.807) is 0 Å². The predicted molar refractivity (Wildman–Crippen MR) is 129 cm³/mol. The van der Waals surface area contributed by atoms with Crippen molar-refractivity contribution in [1.82, 2.24) is 0 Å². The van der Waals surface area contributed by atoms with Crippen LogP contribution >= 0.6 is 0 Å². The van der Waals surface area contributed by atoms with Crippen molar-refractivity contribution in [2.75, 3.05) is 6.61 Å². The summed E-state index contributed by atoms with van der Waals surface area (Å²) < 4.78 is 14.4. The third-order valence-corrected chi connectivity index (χ3v) is 17.0. The van der Waals surface area contributed by atoms with Crippen molar-refractivity contribution >= 4 is 27.0 Å². The highest BCUT2D eigenvalue weighted by Gasteiger charge is 2.59. The Hall–Kier alpha value is -1.21. The Balaban J connectivity index is 2.28. The van der Waals surface area contributed by atoms with Gasteiger partial charge in [-0.05, 0) is 54.7 Å². The van der Waals surface area contributed by atoms with Crippen LogP contribution in [0.5, 0.6) is 0 Å². The third kappa shape index (κ3) is 4.05. The standard InChI is InChI=1S/C25H38O2Si2/c1-7-25(4)27-28(5,6)24(2,3)20-14-15-21-26-29(25,22-16-10-8-11-17-22)23-18-12-9-13-19-23/h8-13,16-19H,7,14-15,20-21H2,1-6H3. The minimum absolute atomic E-state index is 0.230. The van der Waals surface area contributed by atoms with Crippen LogP contribution in [0, 0.1) is 0 Å². The number of benzene rings is 2. The summed E-state index contributed by atoms with van der Waals surface area (Å²) in [6.07, 6.45) is 4.46. The van der Waals surface area contributed by atoms with E-state index in [1.807, 2.05) is 0 Å². The van der Waals surface area contributed by atoms with Crippen molar-refractivity contribution in [2.45, 2.75) is 76.7 Å². The topological polar surface area (TPSA) is 18.5 Å². The Morgan fingerprint density at radius 3 is 1.83 bits per heavy atom. The lowest BCUT2D eigenvalue weighted by atomic mass is 10.1. The molecule has 1 aliphatic rings. The average molecular weight is 427 g/mol. The van der Waals surface area contributed by atoms with Crippen molar-refractivity contribution in [1.29, 1.82) is 0 Å². The summed E-state index contributed by atoms with van der Waals surface area (Å²) in [6.45, 7) is 15.1. The molecule has 0 radical (unpaired) electrons. The molecule has 0 amide bonds. The molecule has 1 atom stereocenters. The summed E-state index contributed by atoms with van der Waals surface area (Å²) in [6, 6.07) is 21.9. The largest absolute Gasteiger partial charge is 0.411 e. The van der Waals surface area contributed by atoms with E-state index in [0.29, 0.717) is 0 Å². The molecule has 0 bridgehead atoms. The summed E-state index contributed by atoms with van der Waals surface area (Å²) in [4.78, 5) is 0. The lowest BCUT2D eigenvalue weighted by Gasteiger charge is -2.53. The molecule has 2 nitrogen and oxygen atoms in total. The molecular formula is C25H38O2Si2. The van der Waals surface area contributed by atoms with E-state index >= 15 is 0 Å². The van der Waals surface area contributed by atoms with Gasteiger partial charge in [0.2, 0.25) is 0 Å². The molecule has 4 heteroatoms. The van der Waals surface area contributed by atoms with Gasteiger partial charge in [0.25, 0.3) is 8.32 Å². The maximum Gasteiger partial charge on any atom is 0.286 e. The molecule has 158 valence electrons. The predicted octanol–water partition coefficient (Wildman–Crippen LogP) is 5.66. The van der Waals surface area contributed by atoms with Crippen LogP contribution in [0.15, 0.2) is 60.7 Å². The molecule has 3 rings (SSSR count). The van der Waals surface area contributed by atoms with Gasteiger partial charge in [0.1, 0.15) is 0 Å². The van der Waals surface area contributed by atoms with Gasteiger partial charge in [-0.25, -0.2) is 0 Å². The number of hydrogen-bond donors (Lipinski definition) is 0. The molecule has 0 N–H and O–H groups in total. The zero-order valence-electron chi connectivity index (χ0n) is 19.1. The molecule has 2 aromatic carbocycles. The van der Waals surface area contributed by atoms with Crippen LogP contribution in [-0.2, 0) is 8.85 Å². The van der Waals surface area contributed by atoms with Crippen LogP contribution in [0.3, 0.4) is 0 Å². The second-order valence-corrected chi connectivity index (χ2v) is 18.2. The zero-order chi connectivity index (χ0) is 21.2. The van der Waals surface area contributed by atoms with E-state index in [9.17, 15) is 0 Å². The fraction of sp³-hybridized carbons (Fsp3) is 0.520. The van der Waals surface area contributed by atoms with E-state index in [-0.39, 0.29) is 10.3 Å². The van der Waals surface area contributed by atoms with Crippen LogP contribution < -0.4 is 10.4 Å². The fourth-order valence-electron chi connectivity index (χ4n) is 4.73. The van der Waals surface area contributed by atoms with Gasteiger partial charge in [-0.15, -0.1) is 0 Å². The van der Waals surface area contributed by atoms with E-state index in [4.69, 9.17) is 8.85 Å². The van der Waals surface area contributed by atoms with E-state index in [2.05, 4.69) is 101 Å².